The van der Waals surface area contributed by atoms with Crippen molar-refractivity contribution in [3.63, 3.8) is 0 Å². The van der Waals surface area contributed by atoms with E-state index in [9.17, 15) is 4.79 Å². The number of carbonyl (C=O) groups excluding carboxylic acids is 1. The molecule has 0 N–H and O–H groups in total. The predicted octanol–water partition coefficient (Wildman–Crippen LogP) is 0.852. The van der Waals surface area contributed by atoms with Gasteiger partial charge in [-0.2, -0.15) is 0 Å². The summed E-state index contributed by atoms with van der Waals surface area (Å²) in [5.74, 6) is -0.287. The number of hydrogen-bond donors (Lipinski definition) is 0. The minimum Gasteiger partial charge on any atom is -0.433 e. The summed E-state index contributed by atoms with van der Waals surface area (Å²) in [5.41, 5.74) is 0. The van der Waals surface area contributed by atoms with E-state index < -0.39 is 0 Å². The van der Waals surface area contributed by atoms with Crippen LogP contribution in [0.5, 0.6) is 0 Å². The molecule has 3 nitrogen and oxygen atoms in total. The van der Waals surface area contributed by atoms with Crippen LogP contribution in [0.1, 0.15) is 13.3 Å². The van der Waals surface area contributed by atoms with Crippen molar-refractivity contribution in [1.82, 2.24) is 0 Å². The highest BCUT2D eigenvalue weighted by Crippen LogP contribution is 2.10. The molecule has 1 heterocycles. The molecule has 0 radical (unpaired) electrons. The summed E-state index contributed by atoms with van der Waals surface area (Å²) in [6.45, 7) is 2.48. The summed E-state index contributed by atoms with van der Waals surface area (Å²) in [6.07, 6.45) is 3.77. The Bertz CT molecular complexity index is 147. The van der Waals surface area contributed by atoms with Crippen molar-refractivity contribution in [3.8, 4) is 0 Å². The summed E-state index contributed by atoms with van der Waals surface area (Å²) < 4.78 is 9.35. The maximum absolute atomic E-state index is 10.7. The molecule has 0 aromatic carbocycles. The van der Waals surface area contributed by atoms with Gasteiger partial charge in [-0.1, -0.05) is 6.92 Å². The van der Waals surface area contributed by atoms with E-state index in [0.29, 0.717) is 6.61 Å². The van der Waals surface area contributed by atoms with E-state index in [1.165, 1.54) is 6.26 Å². The van der Waals surface area contributed by atoms with Crippen LogP contribution in [0.3, 0.4) is 0 Å². The van der Waals surface area contributed by atoms with Gasteiger partial charge in [0, 0.05) is 0 Å². The molecule has 1 rings (SSSR count). The highest BCUT2D eigenvalue weighted by Gasteiger charge is 2.32. The third-order valence-electron chi connectivity index (χ3n) is 1.11. The summed E-state index contributed by atoms with van der Waals surface area (Å²) in [7, 11) is 0. The molecule has 1 fully saturated rings. The lowest BCUT2D eigenvalue weighted by atomic mass is 10.5. The zero-order valence-electron chi connectivity index (χ0n) is 5.87. The summed E-state index contributed by atoms with van der Waals surface area (Å²) in [6, 6.07) is 0. The number of rotatable bonds is 3. The minimum atomic E-state index is -0.290. The zero-order chi connectivity index (χ0) is 7.40. The first-order valence-corrected chi connectivity index (χ1v) is 3.31. The SMILES string of the molecule is CC/C=C/OC(=O)C1CO1. The van der Waals surface area contributed by atoms with Crippen LogP contribution in [0, 0.1) is 0 Å². The molecule has 0 aromatic heterocycles. The fourth-order valence-corrected chi connectivity index (χ4v) is 0.471. The Hall–Kier alpha value is -0.830. The van der Waals surface area contributed by atoms with Crippen LogP contribution in [0.2, 0.25) is 0 Å². The fraction of sp³-hybridized carbons (Fsp3) is 0.571. The van der Waals surface area contributed by atoms with Gasteiger partial charge in [-0.3, -0.25) is 0 Å². The van der Waals surface area contributed by atoms with Crippen LogP contribution in [0.25, 0.3) is 0 Å². The van der Waals surface area contributed by atoms with Gasteiger partial charge in [0.25, 0.3) is 0 Å². The second-order valence-electron chi connectivity index (χ2n) is 2.04. The molecule has 3 heteroatoms. The Balaban J connectivity index is 2.11. The van der Waals surface area contributed by atoms with E-state index in [1.54, 1.807) is 6.08 Å². The molecule has 1 unspecified atom stereocenters. The predicted molar refractivity (Wildman–Crippen MR) is 35.3 cm³/mol. The van der Waals surface area contributed by atoms with Gasteiger partial charge in [0.1, 0.15) is 0 Å². The maximum atomic E-state index is 10.7. The second-order valence-corrected chi connectivity index (χ2v) is 2.04. The maximum Gasteiger partial charge on any atom is 0.342 e. The van der Waals surface area contributed by atoms with E-state index in [4.69, 9.17) is 4.74 Å². The van der Waals surface area contributed by atoms with Crippen molar-refractivity contribution in [2.24, 2.45) is 0 Å². The Morgan fingerprint density at radius 2 is 2.60 bits per heavy atom. The van der Waals surface area contributed by atoms with Crippen molar-refractivity contribution < 1.29 is 14.3 Å². The number of ether oxygens (including phenoxy) is 2. The average molecular weight is 142 g/mol. The highest BCUT2D eigenvalue weighted by atomic mass is 16.6. The topological polar surface area (TPSA) is 38.8 Å². The van der Waals surface area contributed by atoms with Crippen LogP contribution >= 0.6 is 0 Å². The van der Waals surface area contributed by atoms with Crippen molar-refractivity contribution in [2.75, 3.05) is 6.61 Å². The van der Waals surface area contributed by atoms with Crippen LogP contribution in [-0.2, 0) is 14.3 Å². The van der Waals surface area contributed by atoms with E-state index in [1.807, 2.05) is 6.92 Å². The molecular weight excluding hydrogens is 132 g/mol. The highest BCUT2D eigenvalue weighted by molar-refractivity contribution is 5.77. The number of allylic oxidation sites excluding steroid dienone is 1. The number of carbonyl (C=O) groups is 1. The Morgan fingerprint density at radius 1 is 1.90 bits per heavy atom. The van der Waals surface area contributed by atoms with Gasteiger partial charge in [0.15, 0.2) is 6.10 Å². The van der Waals surface area contributed by atoms with Crippen molar-refractivity contribution in [2.45, 2.75) is 19.4 Å². The van der Waals surface area contributed by atoms with Crippen LogP contribution in [0.15, 0.2) is 12.3 Å². The first-order chi connectivity index (χ1) is 4.84. The fourth-order valence-electron chi connectivity index (χ4n) is 0.471. The van der Waals surface area contributed by atoms with Crippen LogP contribution < -0.4 is 0 Å². The second kappa shape index (κ2) is 3.37. The van der Waals surface area contributed by atoms with Gasteiger partial charge in [0.05, 0.1) is 12.9 Å². The van der Waals surface area contributed by atoms with E-state index >= 15 is 0 Å². The Kier molecular flexibility index (Phi) is 2.45. The number of esters is 1. The largest absolute Gasteiger partial charge is 0.433 e. The zero-order valence-corrected chi connectivity index (χ0v) is 5.87. The lowest BCUT2D eigenvalue weighted by Gasteiger charge is -1.91. The van der Waals surface area contributed by atoms with E-state index in [2.05, 4.69) is 4.74 Å². The van der Waals surface area contributed by atoms with Gasteiger partial charge in [-0.05, 0) is 12.5 Å². The molecule has 0 saturated carbocycles. The van der Waals surface area contributed by atoms with Gasteiger partial charge < -0.3 is 9.47 Å². The molecule has 0 bridgehead atoms. The van der Waals surface area contributed by atoms with Gasteiger partial charge >= 0.3 is 5.97 Å². The minimum absolute atomic E-state index is 0.287. The third kappa shape index (κ3) is 2.19. The molecule has 0 amide bonds. The summed E-state index contributed by atoms with van der Waals surface area (Å²) in [4.78, 5) is 10.7. The molecule has 0 spiro atoms. The summed E-state index contributed by atoms with van der Waals surface area (Å²) in [5, 5.41) is 0. The molecule has 10 heavy (non-hydrogen) atoms. The van der Waals surface area contributed by atoms with Gasteiger partial charge in [-0.15, -0.1) is 0 Å². The van der Waals surface area contributed by atoms with Crippen molar-refractivity contribution in [3.05, 3.63) is 12.3 Å². The molecule has 1 aliphatic heterocycles. The van der Waals surface area contributed by atoms with Crippen LogP contribution in [-0.4, -0.2) is 18.7 Å². The molecule has 0 aliphatic carbocycles. The molecule has 56 valence electrons. The Morgan fingerprint density at radius 3 is 3.10 bits per heavy atom. The standard InChI is InChI=1S/C7H10O3/c1-2-3-4-9-7(8)6-5-10-6/h3-4,6H,2,5H2,1H3/b4-3+. The normalized spacial score (nSPS) is 23.1. The smallest absolute Gasteiger partial charge is 0.342 e. The lowest BCUT2D eigenvalue weighted by Crippen LogP contribution is -2.07. The van der Waals surface area contributed by atoms with Gasteiger partial charge in [-0.25, -0.2) is 4.79 Å². The summed E-state index contributed by atoms with van der Waals surface area (Å²) >= 11 is 0. The van der Waals surface area contributed by atoms with Crippen molar-refractivity contribution in [1.29, 1.82) is 0 Å². The lowest BCUT2D eigenvalue weighted by molar-refractivity contribution is -0.139. The van der Waals surface area contributed by atoms with Crippen LogP contribution in [0.4, 0.5) is 0 Å². The van der Waals surface area contributed by atoms with E-state index in [0.717, 1.165) is 6.42 Å². The van der Waals surface area contributed by atoms with Gasteiger partial charge in [0.2, 0.25) is 0 Å². The first-order valence-electron chi connectivity index (χ1n) is 3.31. The molecule has 1 saturated heterocycles. The number of hydrogen-bond acceptors (Lipinski definition) is 3. The third-order valence-corrected chi connectivity index (χ3v) is 1.11. The molecular formula is C7H10O3. The van der Waals surface area contributed by atoms with Crippen molar-refractivity contribution >= 4 is 5.97 Å². The Labute approximate surface area is 59.6 Å². The molecule has 1 atom stereocenters. The first kappa shape index (κ1) is 7.28. The molecule has 0 aromatic rings. The monoisotopic (exact) mass is 142 g/mol. The average Bonchev–Trinajstić information content (AvgIpc) is 2.69. The number of epoxide rings is 1. The quantitative estimate of drug-likeness (QED) is 0.333. The van der Waals surface area contributed by atoms with E-state index in [-0.39, 0.29) is 12.1 Å². The molecule has 1 aliphatic rings.